The summed E-state index contributed by atoms with van der Waals surface area (Å²) in [7, 11) is 2.77. The van der Waals surface area contributed by atoms with Gasteiger partial charge in [0.15, 0.2) is 0 Å². The van der Waals surface area contributed by atoms with Crippen LogP contribution in [0.15, 0.2) is 0 Å². The summed E-state index contributed by atoms with van der Waals surface area (Å²) < 4.78 is 109. The third kappa shape index (κ3) is 2.56. The molecular formula is C9H10CfF8NO2. The Morgan fingerprint density at radius 2 is 1.38 bits per heavy atom. The molecule has 1 heterocycles. The maximum absolute atomic E-state index is 13.6. The van der Waals surface area contributed by atoms with Gasteiger partial charge in [-0.1, -0.05) is 0 Å². The van der Waals surface area contributed by atoms with Gasteiger partial charge in [-0.2, -0.15) is 0 Å². The molecule has 0 amide bonds. The first-order valence-corrected chi connectivity index (χ1v) is 8.19. The summed E-state index contributed by atoms with van der Waals surface area (Å²) in [6.07, 6.45) is -5.73. The van der Waals surface area contributed by atoms with Crippen molar-refractivity contribution in [2.75, 3.05) is 26.3 Å². The second-order valence-electron chi connectivity index (χ2n) is 3.96. The van der Waals surface area contributed by atoms with Gasteiger partial charge >= 0.3 is 108 Å². The van der Waals surface area contributed by atoms with E-state index >= 15 is 0 Å². The standard InChI is InChI=1S/C8H8F8NO2.CH2.Cf/c9-5(10,6(11,12)8(15,16)18)7(13,14)17-1-3-19-4-2-17;;/h1-4H2;1H2;/q-1;;+1. The van der Waals surface area contributed by atoms with Gasteiger partial charge in [0.2, 0.25) is 0 Å². The Bertz CT molecular complexity index is 386. The van der Waals surface area contributed by atoms with Gasteiger partial charge in [0.1, 0.15) is 0 Å². The quantitative estimate of drug-likeness (QED) is 0.364. The second kappa shape index (κ2) is 5.19. The molecule has 1 rings (SSSR count). The molecule has 0 aliphatic carbocycles. The van der Waals surface area contributed by atoms with Crippen molar-refractivity contribution in [3.63, 3.8) is 0 Å². The minimum absolute atomic E-state index is 0.317. The minimum atomic E-state index is -6.39. The van der Waals surface area contributed by atoms with Crippen LogP contribution in [0.4, 0.5) is 35.1 Å². The molecule has 1 fully saturated rings. The SMILES string of the molecule is [CH2]=[Cf][O]C(F)(F)C(F)(F)C(F)(F)C(F)(F)N1CCOCC1. The number of hydrogen-bond acceptors (Lipinski definition) is 3. The van der Waals surface area contributed by atoms with Crippen LogP contribution >= 0.6 is 0 Å². The average Bonchev–Trinajstić information content (AvgIpc) is 2.39. The molecule has 0 saturated carbocycles. The number of morpholine rings is 1. The van der Waals surface area contributed by atoms with Gasteiger partial charge in [0.05, 0.1) is 0 Å². The number of hydrogen-bond donors (Lipinski definition) is 0. The molecule has 3 nitrogen and oxygen atoms in total. The summed E-state index contributed by atoms with van der Waals surface area (Å²) in [5.74, 6) is -12.7. The van der Waals surface area contributed by atoms with Crippen molar-refractivity contribution >= 4 is 7.43 Å². The fourth-order valence-corrected chi connectivity index (χ4v) is 2.33. The molecule has 12 heteroatoms. The molecular weight excluding hydrogens is 557 g/mol. The van der Waals surface area contributed by atoms with E-state index in [1.165, 1.54) is 0 Å². The molecule has 0 atom stereocenters. The van der Waals surface area contributed by atoms with Crippen LogP contribution < -0.4 is 0 Å². The Morgan fingerprint density at radius 1 is 0.905 bits per heavy atom. The molecule has 0 bridgehead atoms. The molecule has 0 aromatic carbocycles. The van der Waals surface area contributed by atoms with E-state index in [0.717, 1.165) is 0 Å². The Morgan fingerprint density at radius 3 is 1.81 bits per heavy atom. The first-order valence-electron chi connectivity index (χ1n) is 5.25. The number of ether oxygens (including phenoxy) is 1. The molecule has 0 radical (unpaired) electrons. The third-order valence-electron chi connectivity index (χ3n) is 2.67. The number of halogens is 8. The van der Waals surface area contributed by atoms with Crippen LogP contribution in [0.1, 0.15) is 0 Å². The molecule has 0 N–H and O–H groups in total. The van der Waals surface area contributed by atoms with Crippen molar-refractivity contribution in [3.05, 3.63) is 0 Å². The van der Waals surface area contributed by atoms with E-state index in [-0.39, 0.29) is 4.90 Å². The fourth-order valence-electron chi connectivity index (χ4n) is 1.51. The number of nitrogens with zero attached hydrogens (tertiary/aromatic N) is 1. The summed E-state index contributed by atoms with van der Waals surface area (Å²) >= 11 is 0. The van der Waals surface area contributed by atoms with Crippen LogP contribution in [0, 0.1) is 0 Å². The van der Waals surface area contributed by atoms with E-state index in [4.69, 9.17) is 0 Å². The molecule has 0 spiro atoms. The van der Waals surface area contributed by atoms with Gasteiger partial charge in [-0.05, 0) is 0 Å². The van der Waals surface area contributed by atoms with E-state index in [1.807, 2.05) is 0 Å². The Kier molecular flexibility index (Phi) is 4.26. The Labute approximate surface area is 109 Å². The summed E-state index contributed by atoms with van der Waals surface area (Å²) in [4.78, 5) is -0.317. The average molecular weight is 567 g/mol. The van der Waals surface area contributed by atoms with Crippen molar-refractivity contribution in [2.45, 2.75) is 24.0 Å². The van der Waals surface area contributed by atoms with Gasteiger partial charge in [-0.3, -0.25) is 0 Å². The first kappa shape index (κ1) is 17.2. The topological polar surface area (TPSA) is 21.7 Å². The van der Waals surface area contributed by atoms with Crippen LogP contribution in [-0.4, -0.2) is 62.6 Å². The third-order valence-corrected chi connectivity index (χ3v) is 3.73. The molecule has 1 aliphatic rings. The van der Waals surface area contributed by atoms with Crippen molar-refractivity contribution < 1.29 is 45.0 Å². The Hall–Kier alpha value is -1.81. The van der Waals surface area contributed by atoms with Gasteiger partial charge in [-0.15, -0.1) is 0 Å². The van der Waals surface area contributed by atoms with Crippen LogP contribution in [-0.2, 0) is 9.84 Å². The molecule has 21 heavy (non-hydrogen) atoms. The molecule has 0 unspecified atom stereocenters. The van der Waals surface area contributed by atoms with E-state index in [0.29, 0.717) is 0 Å². The zero-order chi connectivity index (χ0) is 16.5. The van der Waals surface area contributed by atoms with Gasteiger partial charge < -0.3 is 0 Å². The number of rotatable bonds is 6. The van der Waals surface area contributed by atoms with Crippen molar-refractivity contribution in [1.29, 1.82) is 0 Å². The first-order chi connectivity index (χ1) is 9.42. The summed E-state index contributed by atoms with van der Waals surface area (Å²) in [6.45, 7) is -2.40. The fraction of sp³-hybridized carbons (Fsp3) is 0.889. The van der Waals surface area contributed by atoms with E-state index in [2.05, 4.69) is 17.3 Å². The van der Waals surface area contributed by atoms with Crippen molar-refractivity contribution in [3.8, 4) is 0 Å². The predicted molar refractivity (Wildman–Crippen MR) is 50.4 cm³/mol. The van der Waals surface area contributed by atoms with Crippen molar-refractivity contribution in [1.82, 2.24) is 4.90 Å². The van der Waals surface area contributed by atoms with Crippen LogP contribution in [0.25, 0.3) is 0 Å². The second-order valence-corrected chi connectivity index (χ2v) is 5.26. The zero-order valence-corrected chi connectivity index (χ0v) is 12.8. The summed E-state index contributed by atoms with van der Waals surface area (Å²) in [5.41, 5.74) is 0. The molecule has 0 aromatic rings. The normalized spacial score (nSPS) is 19.4. The predicted octanol–water partition coefficient (Wildman–Crippen LogP) is 2.22. The summed E-state index contributed by atoms with van der Waals surface area (Å²) in [5, 5.41) is 3.26. The van der Waals surface area contributed by atoms with E-state index < -0.39 is 50.3 Å². The van der Waals surface area contributed by atoms with Gasteiger partial charge in [0.25, 0.3) is 0 Å². The maximum atomic E-state index is 13.6. The van der Waals surface area contributed by atoms with Crippen LogP contribution in [0.5, 0.6) is 0 Å². The molecule has 129 valence electrons. The molecule has 1 aliphatic heterocycles. The van der Waals surface area contributed by atoms with Crippen molar-refractivity contribution in [2.24, 2.45) is 0 Å². The Balaban J connectivity index is 3.13. The number of alkyl halides is 8. The van der Waals surface area contributed by atoms with Crippen LogP contribution in [0.2, 0.25) is 0 Å². The molecule has 0 aromatic heterocycles. The summed E-state index contributed by atoms with van der Waals surface area (Å²) in [6, 6.07) is -5.49. The van der Waals surface area contributed by atoms with E-state index in [1.54, 1.807) is 0 Å². The zero-order valence-electron chi connectivity index (χ0n) is 10.1. The van der Waals surface area contributed by atoms with Crippen LogP contribution in [0.3, 0.4) is 0 Å². The van der Waals surface area contributed by atoms with Gasteiger partial charge in [-0.25, -0.2) is 0 Å². The van der Waals surface area contributed by atoms with Gasteiger partial charge in [0, 0.05) is 0 Å². The monoisotopic (exact) mass is 565 g/mol. The van der Waals surface area contributed by atoms with E-state index in [9.17, 15) is 35.1 Å². The molecule has 1 saturated heterocycles.